The number of aryl methyl sites for hydroxylation is 1. The summed E-state index contributed by atoms with van der Waals surface area (Å²) in [7, 11) is 0. The first-order chi connectivity index (χ1) is 12.6. The molecule has 0 radical (unpaired) electrons. The van der Waals surface area contributed by atoms with Gasteiger partial charge in [0.2, 0.25) is 5.95 Å². The lowest BCUT2D eigenvalue weighted by Gasteiger charge is -2.26. The minimum atomic E-state index is 0.135. The van der Waals surface area contributed by atoms with E-state index >= 15 is 0 Å². The van der Waals surface area contributed by atoms with Crippen molar-refractivity contribution in [2.45, 2.75) is 46.1 Å². The van der Waals surface area contributed by atoms with E-state index in [9.17, 15) is 4.79 Å². The summed E-state index contributed by atoms with van der Waals surface area (Å²) in [6, 6.07) is 7.80. The zero-order chi connectivity index (χ0) is 18.5. The number of likely N-dealkylation sites (tertiary alicyclic amines) is 1. The summed E-state index contributed by atoms with van der Waals surface area (Å²) in [6.07, 6.45) is 4.26. The summed E-state index contributed by atoms with van der Waals surface area (Å²) < 4.78 is 0. The van der Waals surface area contributed by atoms with Crippen LogP contribution in [0.25, 0.3) is 0 Å². The van der Waals surface area contributed by atoms with Crippen molar-refractivity contribution < 1.29 is 4.79 Å². The van der Waals surface area contributed by atoms with Crippen LogP contribution in [-0.2, 0) is 13.0 Å². The number of hydrogen-bond donors (Lipinski definition) is 2. The molecule has 0 bridgehead atoms. The summed E-state index contributed by atoms with van der Waals surface area (Å²) in [5.41, 5.74) is 9.63. The highest BCUT2D eigenvalue weighted by atomic mass is 16.2. The standard InChI is InChI=1S/C20H27N5O/c1-3-17-14(2)18(24-20(21)23-17)22-13-15-7-9-16(10-8-15)19(26)25-11-5-4-6-12-25/h7-10H,3-6,11-13H2,1-2H3,(H3,21,22,23,24). The molecule has 0 atom stereocenters. The number of anilines is 2. The minimum Gasteiger partial charge on any atom is -0.368 e. The van der Waals surface area contributed by atoms with Gasteiger partial charge in [-0.25, -0.2) is 4.98 Å². The first-order valence-corrected chi connectivity index (χ1v) is 9.33. The number of amides is 1. The largest absolute Gasteiger partial charge is 0.368 e. The number of benzene rings is 1. The number of nitrogens with one attached hydrogen (secondary N) is 1. The molecule has 26 heavy (non-hydrogen) atoms. The number of carbonyl (C=O) groups excluding carboxylic acids is 1. The molecule has 0 spiro atoms. The Morgan fingerprint density at radius 3 is 2.50 bits per heavy atom. The maximum Gasteiger partial charge on any atom is 0.253 e. The van der Waals surface area contributed by atoms with Gasteiger partial charge in [-0.1, -0.05) is 19.1 Å². The second-order valence-electron chi connectivity index (χ2n) is 6.76. The van der Waals surface area contributed by atoms with Crippen molar-refractivity contribution in [2.75, 3.05) is 24.1 Å². The van der Waals surface area contributed by atoms with Crippen LogP contribution < -0.4 is 11.1 Å². The van der Waals surface area contributed by atoms with Gasteiger partial charge >= 0.3 is 0 Å². The van der Waals surface area contributed by atoms with Crippen LogP contribution >= 0.6 is 0 Å². The molecule has 1 aliphatic rings. The Kier molecular flexibility index (Phi) is 5.71. The van der Waals surface area contributed by atoms with Gasteiger partial charge in [0.25, 0.3) is 5.91 Å². The summed E-state index contributed by atoms with van der Waals surface area (Å²) >= 11 is 0. The van der Waals surface area contributed by atoms with Crippen LogP contribution in [-0.4, -0.2) is 33.9 Å². The molecular formula is C20H27N5O. The molecule has 0 aliphatic carbocycles. The van der Waals surface area contributed by atoms with Gasteiger partial charge in [0, 0.05) is 30.8 Å². The SMILES string of the molecule is CCc1nc(N)nc(NCc2ccc(C(=O)N3CCCCC3)cc2)c1C. The summed E-state index contributed by atoms with van der Waals surface area (Å²) in [5.74, 6) is 1.19. The smallest absolute Gasteiger partial charge is 0.253 e. The van der Waals surface area contributed by atoms with E-state index in [-0.39, 0.29) is 11.9 Å². The fourth-order valence-electron chi connectivity index (χ4n) is 3.33. The molecule has 0 saturated carbocycles. The second-order valence-corrected chi connectivity index (χ2v) is 6.76. The molecule has 1 amide bonds. The number of nitrogens with zero attached hydrogens (tertiary/aromatic N) is 3. The molecule has 6 nitrogen and oxygen atoms in total. The lowest BCUT2D eigenvalue weighted by atomic mass is 10.1. The summed E-state index contributed by atoms with van der Waals surface area (Å²) in [6.45, 7) is 6.42. The van der Waals surface area contributed by atoms with E-state index in [1.165, 1.54) is 6.42 Å². The van der Waals surface area contributed by atoms with Gasteiger partial charge in [-0.2, -0.15) is 4.98 Å². The van der Waals surface area contributed by atoms with Crippen molar-refractivity contribution >= 4 is 17.7 Å². The molecule has 1 aromatic carbocycles. The lowest BCUT2D eigenvalue weighted by Crippen LogP contribution is -2.35. The van der Waals surface area contributed by atoms with Crippen LogP contribution in [0.1, 0.15) is 53.4 Å². The first-order valence-electron chi connectivity index (χ1n) is 9.33. The van der Waals surface area contributed by atoms with Crippen LogP contribution in [0.4, 0.5) is 11.8 Å². The number of rotatable bonds is 5. The average molecular weight is 353 g/mol. The highest BCUT2D eigenvalue weighted by molar-refractivity contribution is 5.94. The number of aromatic nitrogens is 2. The third-order valence-corrected chi connectivity index (χ3v) is 4.90. The molecule has 3 rings (SSSR count). The van der Waals surface area contributed by atoms with Crippen molar-refractivity contribution in [2.24, 2.45) is 0 Å². The molecule has 1 saturated heterocycles. The lowest BCUT2D eigenvalue weighted by molar-refractivity contribution is 0.0724. The third-order valence-electron chi connectivity index (χ3n) is 4.90. The van der Waals surface area contributed by atoms with Gasteiger partial charge in [0.1, 0.15) is 5.82 Å². The number of hydrogen-bond acceptors (Lipinski definition) is 5. The van der Waals surface area contributed by atoms with Crippen LogP contribution in [0, 0.1) is 6.92 Å². The van der Waals surface area contributed by atoms with Crippen molar-refractivity contribution in [3.63, 3.8) is 0 Å². The Morgan fingerprint density at radius 2 is 1.85 bits per heavy atom. The predicted octanol–water partition coefficient (Wildman–Crippen LogP) is 3.17. The quantitative estimate of drug-likeness (QED) is 0.862. The highest BCUT2D eigenvalue weighted by Crippen LogP contribution is 2.18. The zero-order valence-electron chi connectivity index (χ0n) is 15.6. The van der Waals surface area contributed by atoms with Crippen LogP contribution in [0.3, 0.4) is 0 Å². The Bertz CT molecular complexity index is 767. The minimum absolute atomic E-state index is 0.135. The molecule has 138 valence electrons. The van der Waals surface area contributed by atoms with E-state index in [1.807, 2.05) is 36.1 Å². The maximum atomic E-state index is 12.5. The van der Waals surface area contributed by atoms with Crippen LogP contribution in [0.5, 0.6) is 0 Å². The predicted molar refractivity (Wildman–Crippen MR) is 104 cm³/mol. The third kappa shape index (κ3) is 4.12. The van der Waals surface area contributed by atoms with Gasteiger partial charge in [0.05, 0.1) is 5.69 Å². The fourth-order valence-corrected chi connectivity index (χ4v) is 3.33. The molecule has 1 fully saturated rings. The van der Waals surface area contributed by atoms with Crippen molar-refractivity contribution in [1.29, 1.82) is 0 Å². The zero-order valence-corrected chi connectivity index (χ0v) is 15.6. The Balaban J connectivity index is 1.65. The van der Waals surface area contributed by atoms with Crippen molar-refractivity contribution in [1.82, 2.24) is 14.9 Å². The topological polar surface area (TPSA) is 84.1 Å². The molecule has 2 heterocycles. The van der Waals surface area contributed by atoms with Gasteiger partial charge in [0.15, 0.2) is 0 Å². The van der Waals surface area contributed by atoms with Gasteiger partial charge in [-0.05, 0) is 50.3 Å². The first kappa shape index (κ1) is 18.2. The van der Waals surface area contributed by atoms with E-state index in [1.54, 1.807) is 0 Å². The van der Waals surface area contributed by atoms with Crippen molar-refractivity contribution in [3.8, 4) is 0 Å². The van der Waals surface area contributed by atoms with Crippen molar-refractivity contribution in [3.05, 3.63) is 46.6 Å². The number of carbonyl (C=O) groups is 1. The fraction of sp³-hybridized carbons (Fsp3) is 0.450. The molecule has 3 N–H and O–H groups in total. The van der Waals surface area contributed by atoms with Crippen LogP contribution in [0.15, 0.2) is 24.3 Å². The van der Waals surface area contributed by atoms with E-state index in [0.29, 0.717) is 6.54 Å². The average Bonchev–Trinajstić information content (AvgIpc) is 2.69. The maximum absolute atomic E-state index is 12.5. The van der Waals surface area contributed by atoms with E-state index in [2.05, 4.69) is 22.2 Å². The normalized spacial score (nSPS) is 14.3. The van der Waals surface area contributed by atoms with E-state index in [4.69, 9.17) is 5.73 Å². The number of nitrogens with two attached hydrogens (primary N) is 1. The molecule has 1 aliphatic heterocycles. The molecular weight excluding hydrogens is 326 g/mol. The van der Waals surface area contributed by atoms with Gasteiger partial charge < -0.3 is 16.0 Å². The number of piperidine rings is 1. The Labute approximate surface area is 154 Å². The highest BCUT2D eigenvalue weighted by Gasteiger charge is 2.17. The summed E-state index contributed by atoms with van der Waals surface area (Å²) in [4.78, 5) is 23.0. The Morgan fingerprint density at radius 1 is 1.15 bits per heavy atom. The summed E-state index contributed by atoms with van der Waals surface area (Å²) in [5, 5.41) is 3.33. The molecule has 1 aromatic heterocycles. The number of nitrogen functional groups attached to an aromatic ring is 1. The monoisotopic (exact) mass is 353 g/mol. The molecule has 6 heteroatoms. The molecule has 2 aromatic rings. The van der Waals surface area contributed by atoms with E-state index in [0.717, 1.165) is 60.6 Å². The second kappa shape index (κ2) is 8.17. The van der Waals surface area contributed by atoms with E-state index < -0.39 is 0 Å². The van der Waals surface area contributed by atoms with Gasteiger partial charge in [-0.15, -0.1) is 0 Å². The van der Waals surface area contributed by atoms with Gasteiger partial charge in [-0.3, -0.25) is 4.79 Å². The van der Waals surface area contributed by atoms with Crippen LogP contribution in [0.2, 0.25) is 0 Å². The molecule has 0 unspecified atom stereocenters. The Hall–Kier alpha value is -2.63.